The number of guanidine groups is 1. The average molecular weight is 353 g/mol. The summed E-state index contributed by atoms with van der Waals surface area (Å²) in [5, 5.41) is 7.57. The maximum atomic E-state index is 6.20. The molecule has 6 heteroatoms. The van der Waals surface area contributed by atoms with E-state index in [9.17, 15) is 0 Å². The van der Waals surface area contributed by atoms with E-state index in [-0.39, 0.29) is 0 Å². The van der Waals surface area contributed by atoms with Crippen molar-refractivity contribution in [2.45, 2.75) is 25.3 Å². The molecule has 2 N–H and O–H groups in total. The van der Waals surface area contributed by atoms with Gasteiger partial charge in [-0.05, 0) is 50.0 Å². The summed E-state index contributed by atoms with van der Waals surface area (Å²) in [6, 6.07) is 8.49. The number of benzene rings is 1. The Hall–Kier alpha value is -1.30. The van der Waals surface area contributed by atoms with Crippen LogP contribution in [-0.4, -0.2) is 57.8 Å². The number of aliphatic imine (C=N–C) groups is 1. The van der Waals surface area contributed by atoms with Crippen molar-refractivity contribution in [2.24, 2.45) is 4.99 Å². The van der Waals surface area contributed by atoms with E-state index in [0.717, 1.165) is 50.2 Å². The average Bonchev–Trinajstić information content (AvgIpc) is 3.11. The smallest absolute Gasteiger partial charge is 0.191 e. The normalized spacial score (nSPS) is 17.0. The highest BCUT2D eigenvalue weighted by Gasteiger charge is 2.23. The van der Waals surface area contributed by atoms with E-state index in [4.69, 9.17) is 16.3 Å². The number of rotatable bonds is 8. The van der Waals surface area contributed by atoms with Gasteiger partial charge in [0.15, 0.2) is 5.96 Å². The molecule has 1 fully saturated rings. The lowest BCUT2D eigenvalue weighted by Crippen LogP contribution is -2.43. The third kappa shape index (κ3) is 5.96. The van der Waals surface area contributed by atoms with Gasteiger partial charge in [0.1, 0.15) is 0 Å². The monoisotopic (exact) mass is 352 g/mol. The molecule has 1 aliphatic heterocycles. The molecule has 0 bridgehead atoms. The number of hydrogen-bond acceptors (Lipinski definition) is 3. The van der Waals surface area contributed by atoms with Gasteiger partial charge in [-0.3, -0.25) is 9.89 Å². The number of ether oxygens (including phenoxy) is 1. The summed E-state index contributed by atoms with van der Waals surface area (Å²) in [5.41, 5.74) is 1.26. The molecule has 24 heavy (non-hydrogen) atoms. The Kier molecular flexibility index (Phi) is 8.36. The summed E-state index contributed by atoms with van der Waals surface area (Å²) in [4.78, 5) is 6.83. The van der Waals surface area contributed by atoms with Gasteiger partial charge in [-0.25, -0.2) is 0 Å². The Morgan fingerprint density at radius 3 is 2.79 bits per heavy atom. The fourth-order valence-electron chi connectivity index (χ4n) is 3.06. The molecule has 0 amide bonds. The van der Waals surface area contributed by atoms with Crippen molar-refractivity contribution in [3.8, 4) is 0 Å². The van der Waals surface area contributed by atoms with Gasteiger partial charge in [0.25, 0.3) is 0 Å². The predicted molar refractivity (Wildman–Crippen MR) is 101 cm³/mol. The van der Waals surface area contributed by atoms with Crippen LogP contribution in [0.5, 0.6) is 0 Å². The standard InChI is InChI=1S/C18H29ClN4O/c1-20-18(21-9-6-12-24-2)22-14-17(23-10-3-4-11-23)15-7-5-8-16(19)13-15/h5,7-8,13,17H,3-4,6,9-12,14H2,1-2H3,(H2,20,21,22). The Morgan fingerprint density at radius 1 is 1.33 bits per heavy atom. The maximum Gasteiger partial charge on any atom is 0.191 e. The summed E-state index contributed by atoms with van der Waals surface area (Å²) in [7, 11) is 3.52. The van der Waals surface area contributed by atoms with E-state index in [1.807, 2.05) is 12.1 Å². The van der Waals surface area contributed by atoms with Crippen LogP contribution in [0.15, 0.2) is 29.3 Å². The summed E-state index contributed by atoms with van der Waals surface area (Å²) in [5.74, 6) is 0.831. The lowest BCUT2D eigenvalue weighted by Gasteiger charge is -2.29. The minimum atomic E-state index is 0.309. The first-order valence-electron chi connectivity index (χ1n) is 8.67. The molecule has 2 rings (SSSR count). The second kappa shape index (κ2) is 10.5. The number of hydrogen-bond donors (Lipinski definition) is 2. The third-order valence-corrected chi connectivity index (χ3v) is 4.55. The van der Waals surface area contributed by atoms with Crippen molar-refractivity contribution in [3.05, 3.63) is 34.9 Å². The zero-order valence-corrected chi connectivity index (χ0v) is 15.5. The van der Waals surface area contributed by atoms with E-state index < -0.39 is 0 Å². The Balaban J connectivity index is 1.95. The van der Waals surface area contributed by atoms with Crippen LogP contribution < -0.4 is 10.6 Å². The van der Waals surface area contributed by atoms with Crippen LogP contribution in [0.2, 0.25) is 5.02 Å². The highest BCUT2D eigenvalue weighted by molar-refractivity contribution is 6.30. The van der Waals surface area contributed by atoms with Crippen LogP contribution in [0.3, 0.4) is 0 Å². The number of methoxy groups -OCH3 is 1. The van der Waals surface area contributed by atoms with Crippen molar-refractivity contribution in [3.63, 3.8) is 0 Å². The fraction of sp³-hybridized carbons (Fsp3) is 0.611. The van der Waals surface area contributed by atoms with E-state index in [1.54, 1.807) is 14.2 Å². The van der Waals surface area contributed by atoms with Crippen LogP contribution in [-0.2, 0) is 4.74 Å². The van der Waals surface area contributed by atoms with Crippen molar-refractivity contribution in [1.82, 2.24) is 15.5 Å². The minimum absolute atomic E-state index is 0.309. The molecule has 5 nitrogen and oxygen atoms in total. The molecule has 1 aromatic rings. The Labute approximate surface area is 150 Å². The van der Waals surface area contributed by atoms with Crippen LogP contribution in [0.25, 0.3) is 0 Å². The van der Waals surface area contributed by atoms with Crippen molar-refractivity contribution in [2.75, 3.05) is 46.9 Å². The number of nitrogens with zero attached hydrogens (tertiary/aromatic N) is 2. The second-order valence-electron chi connectivity index (χ2n) is 6.04. The van der Waals surface area contributed by atoms with Gasteiger partial charge in [-0.1, -0.05) is 23.7 Å². The van der Waals surface area contributed by atoms with Gasteiger partial charge in [0.05, 0.1) is 6.04 Å². The van der Waals surface area contributed by atoms with Crippen LogP contribution in [0, 0.1) is 0 Å². The number of nitrogens with one attached hydrogen (secondary N) is 2. The SMILES string of the molecule is CN=C(NCCCOC)NCC(c1cccc(Cl)c1)N1CCCC1. The maximum absolute atomic E-state index is 6.20. The number of likely N-dealkylation sites (tertiary alicyclic amines) is 1. The molecule has 134 valence electrons. The number of halogens is 1. The third-order valence-electron chi connectivity index (χ3n) is 4.32. The van der Waals surface area contributed by atoms with E-state index in [2.05, 4.69) is 32.7 Å². The van der Waals surface area contributed by atoms with Gasteiger partial charge in [-0.2, -0.15) is 0 Å². The highest BCUT2D eigenvalue weighted by atomic mass is 35.5. The first kappa shape index (κ1) is 19.0. The van der Waals surface area contributed by atoms with Crippen molar-refractivity contribution >= 4 is 17.6 Å². The first-order valence-corrected chi connectivity index (χ1v) is 9.05. The molecule has 0 saturated carbocycles. The predicted octanol–water partition coefficient (Wildman–Crippen LogP) is 2.68. The summed E-state index contributed by atoms with van der Waals surface area (Å²) in [6.07, 6.45) is 3.49. The topological polar surface area (TPSA) is 48.9 Å². The minimum Gasteiger partial charge on any atom is -0.385 e. The van der Waals surface area contributed by atoms with Gasteiger partial charge in [0.2, 0.25) is 0 Å². The molecular formula is C18H29ClN4O. The first-order chi connectivity index (χ1) is 11.7. The molecule has 1 aliphatic rings. The largest absolute Gasteiger partial charge is 0.385 e. The van der Waals surface area contributed by atoms with Gasteiger partial charge in [-0.15, -0.1) is 0 Å². The Bertz CT molecular complexity index is 517. The quantitative estimate of drug-likeness (QED) is 0.429. The van der Waals surface area contributed by atoms with E-state index in [0.29, 0.717) is 6.04 Å². The molecule has 1 atom stereocenters. The van der Waals surface area contributed by atoms with Gasteiger partial charge in [0, 0.05) is 38.9 Å². The molecule has 1 heterocycles. The van der Waals surface area contributed by atoms with Crippen molar-refractivity contribution in [1.29, 1.82) is 0 Å². The lowest BCUT2D eigenvalue weighted by atomic mass is 10.1. The molecule has 0 radical (unpaired) electrons. The van der Waals surface area contributed by atoms with Crippen LogP contribution in [0.1, 0.15) is 30.9 Å². The zero-order chi connectivity index (χ0) is 17.2. The van der Waals surface area contributed by atoms with E-state index >= 15 is 0 Å². The molecule has 0 spiro atoms. The summed E-state index contributed by atoms with van der Waals surface area (Å²) < 4.78 is 5.07. The van der Waals surface area contributed by atoms with Crippen molar-refractivity contribution < 1.29 is 4.74 Å². The molecule has 1 aromatic carbocycles. The fourth-order valence-corrected chi connectivity index (χ4v) is 3.26. The highest BCUT2D eigenvalue weighted by Crippen LogP contribution is 2.26. The van der Waals surface area contributed by atoms with Crippen LogP contribution >= 0.6 is 11.6 Å². The summed E-state index contributed by atoms with van der Waals surface area (Å²) in [6.45, 7) is 4.68. The molecule has 0 aliphatic carbocycles. The van der Waals surface area contributed by atoms with Gasteiger partial charge < -0.3 is 15.4 Å². The zero-order valence-electron chi connectivity index (χ0n) is 14.7. The molecule has 1 unspecified atom stereocenters. The lowest BCUT2D eigenvalue weighted by molar-refractivity contribution is 0.195. The van der Waals surface area contributed by atoms with Crippen LogP contribution in [0.4, 0.5) is 0 Å². The second-order valence-corrected chi connectivity index (χ2v) is 6.48. The molecule has 1 saturated heterocycles. The molecule has 0 aromatic heterocycles. The summed E-state index contributed by atoms with van der Waals surface area (Å²) >= 11 is 6.20. The molecular weight excluding hydrogens is 324 g/mol. The Morgan fingerprint density at radius 2 is 2.12 bits per heavy atom. The van der Waals surface area contributed by atoms with E-state index in [1.165, 1.54) is 18.4 Å². The van der Waals surface area contributed by atoms with Gasteiger partial charge >= 0.3 is 0 Å².